The molecule has 0 spiro atoms. The lowest BCUT2D eigenvalue weighted by Crippen LogP contribution is -2.48. The number of primary amides is 1. The van der Waals surface area contributed by atoms with Crippen molar-refractivity contribution in [1.82, 2.24) is 5.32 Å². The van der Waals surface area contributed by atoms with E-state index in [1.807, 2.05) is 6.92 Å². The Morgan fingerprint density at radius 3 is 2.94 bits per heavy atom. The summed E-state index contributed by atoms with van der Waals surface area (Å²) in [7, 11) is 0. The third-order valence-corrected chi connectivity index (χ3v) is 3.37. The lowest BCUT2D eigenvalue weighted by molar-refractivity contribution is -0.118. The fraction of sp³-hybridized carbons (Fsp3) is 0.917. The number of amides is 1. The normalized spacial score (nSPS) is 32.3. The number of carbonyl (C=O) groups excluding carboxylic acids is 1. The van der Waals surface area contributed by atoms with Crippen LogP contribution in [0, 0.1) is 0 Å². The minimum atomic E-state index is -0.245. The Bertz CT molecular complexity index is 245. The number of nitrogens with two attached hydrogens (primary N) is 1. The van der Waals surface area contributed by atoms with E-state index in [9.17, 15) is 4.79 Å². The van der Waals surface area contributed by atoms with Crippen molar-refractivity contribution in [3.05, 3.63) is 0 Å². The zero-order chi connectivity index (χ0) is 12.2. The SMILES string of the molecule is CCC1(C)CC(NC(C)CC(N)=O)CCO1. The highest BCUT2D eigenvalue weighted by molar-refractivity contribution is 5.74. The number of carbonyl (C=O) groups is 1. The van der Waals surface area contributed by atoms with Crippen LogP contribution in [0.1, 0.15) is 46.5 Å². The molecule has 1 heterocycles. The number of nitrogens with one attached hydrogen (secondary N) is 1. The van der Waals surface area contributed by atoms with Crippen molar-refractivity contribution < 1.29 is 9.53 Å². The molecule has 3 unspecified atom stereocenters. The molecular weight excluding hydrogens is 204 g/mol. The minimum Gasteiger partial charge on any atom is -0.375 e. The molecule has 4 nitrogen and oxygen atoms in total. The Labute approximate surface area is 97.9 Å². The molecule has 1 saturated heterocycles. The highest BCUT2D eigenvalue weighted by Gasteiger charge is 2.31. The van der Waals surface area contributed by atoms with Gasteiger partial charge in [0.2, 0.25) is 5.91 Å². The summed E-state index contributed by atoms with van der Waals surface area (Å²) >= 11 is 0. The van der Waals surface area contributed by atoms with Crippen LogP contribution in [-0.2, 0) is 9.53 Å². The van der Waals surface area contributed by atoms with Crippen LogP contribution in [0.25, 0.3) is 0 Å². The molecule has 3 atom stereocenters. The molecule has 1 rings (SSSR count). The molecular formula is C12H24N2O2. The van der Waals surface area contributed by atoms with Gasteiger partial charge in [0, 0.05) is 25.1 Å². The van der Waals surface area contributed by atoms with Crippen LogP contribution in [0.4, 0.5) is 0 Å². The Morgan fingerprint density at radius 2 is 2.38 bits per heavy atom. The Balaban J connectivity index is 2.39. The van der Waals surface area contributed by atoms with Gasteiger partial charge in [-0.2, -0.15) is 0 Å². The Kier molecular flexibility index (Phi) is 4.74. The minimum absolute atomic E-state index is 0.0115. The fourth-order valence-electron chi connectivity index (χ4n) is 2.28. The second-order valence-electron chi connectivity index (χ2n) is 5.08. The lowest BCUT2D eigenvalue weighted by Gasteiger charge is -2.39. The zero-order valence-electron chi connectivity index (χ0n) is 10.6. The van der Waals surface area contributed by atoms with Gasteiger partial charge in [-0.15, -0.1) is 0 Å². The van der Waals surface area contributed by atoms with E-state index < -0.39 is 0 Å². The van der Waals surface area contributed by atoms with E-state index in [-0.39, 0.29) is 17.6 Å². The van der Waals surface area contributed by atoms with Crippen LogP contribution in [0.2, 0.25) is 0 Å². The second kappa shape index (κ2) is 5.64. The smallest absolute Gasteiger partial charge is 0.218 e. The molecule has 0 aromatic heterocycles. The van der Waals surface area contributed by atoms with Crippen molar-refractivity contribution in [3.63, 3.8) is 0 Å². The molecule has 0 aromatic rings. The number of hydrogen-bond acceptors (Lipinski definition) is 3. The maximum atomic E-state index is 10.8. The summed E-state index contributed by atoms with van der Waals surface area (Å²) in [5.74, 6) is -0.245. The molecule has 16 heavy (non-hydrogen) atoms. The first-order valence-corrected chi connectivity index (χ1v) is 6.13. The van der Waals surface area contributed by atoms with Gasteiger partial charge in [-0.3, -0.25) is 4.79 Å². The summed E-state index contributed by atoms with van der Waals surface area (Å²) < 4.78 is 5.78. The largest absolute Gasteiger partial charge is 0.375 e. The summed E-state index contributed by atoms with van der Waals surface area (Å²) in [4.78, 5) is 10.8. The molecule has 1 fully saturated rings. The van der Waals surface area contributed by atoms with Gasteiger partial charge in [0.15, 0.2) is 0 Å². The predicted octanol–water partition coefficient (Wildman–Crippen LogP) is 1.19. The quantitative estimate of drug-likeness (QED) is 0.743. The standard InChI is InChI=1S/C12H24N2O2/c1-4-12(3)8-10(5-6-16-12)14-9(2)7-11(13)15/h9-10,14H,4-8H2,1-3H3,(H2,13,15). The van der Waals surface area contributed by atoms with Crippen LogP contribution >= 0.6 is 0 Å². The summed E-state index contributed by atoms with van der Waals surface area (Å²) in [6.07, 6.45) is 3.45. The third-order valence-electron chi connectivity index (χ3n) is 3.37. The molecule has 0 saturated carbocycles. The number of hydrogen-bond donors (Lipinski definition) is 2. The molecule has 94 valence electrons. The van der Waals surface area contributed by atoms with Crippen molar-refractivity contribution in [2.24, 2.45) is 5.73 Å². The maximum Gasteiger partial charge on any atom is 0.218 e. The first kappa shape index (κ1) is 13.5. The molecule has 4 heteroatoms. The van der Waals surface area contributed by atoms with E-state index in [4.69, 9.17) is 10.5 Å². The number of rotatable bonds is 5. The summed E-state index contributed by atoms with van der Waals surface area (Å²) in [6.45, 7) is 7.10. The van der Waals surface area contributed by atoms with Crippen molar-refractivity contribution in [1.29, 1.82) is 0 Å². The van der Waals surface area contributed by atoms with Gasteiger partial charge in [0.05, 0.1) is 5.60 Å². The van der Waals surface area contributed by atoms with Gasteiger partial charge in [-0.25, -0.2) is 0 Å². The Morgan fingerprint density at radius 1 is 1.69 bits per heavy atom. The highest BCUT2D eigenvalue weighted by atomic mass is 16.5. The van der Waals surface area contributed by atoms with Crippen LogP contribution < -0.4 is 11.1 Å². The van der Waals surface area contributed by atoms with E-state index in [0.717, 1.165) is 25.9 Å². The molecule has 1 aliphatic rings. The Hall–Kier alpha value is -0.610. The molecule has 3 N–H and O–H groups in total. The van der Waals surface area contributed by atoms with Gasteiger partial charge >= 0.3 is 0 Å². The number of ether oxygens (including phenoxy) is 1. The monoisotopic (exact) mass is 228 g/mol. The second-order valence-corrected chi connectivity index (χ2v) is 5.08. The zero-order valence-corrected chi connectivity index (χ0v) is 10.6. The first-order chi connectivity index (χ1) is 7.45. The predicted molar refractivity (Wildman–Crippen MR) is 64.1 cm³/mol. The molecule has 0 bridgehead atoms. The van der Waals surface area contributed by atoms with Gasteiger partial charge in [-0.1, -0.05) is 6.92 Å². The molecule has 0 aliphatic carbocycles. The fourth-order valence-corrected chi connectivity index (χ4v) is 2.28. The third kappa shape index (κ3) is 4.10. The van der Waals surface area contributed by atoms with Gasteiger partial charge in [-0.05, 0) is 33.1 Å². The molecule has 0 radical (unpaired) electrons. The van der Waals surface area contributed by atoms with E-state index >= 15 is 0 Å². The molecule has 0 aromatic carbocycles. The van der Waals surface area contributed by atoms with E-state index in [0.29, 0.717) is 12.5 Å². The van der Waals surface area contributed by atoms with E-state index in [2.05, 4.69) is 19.2 Å². The topological polar surface area (TPSA) is 64.3 Å². The van der Waals surface area contributed by atoms with E-state index in [1.54, 1.807) is 0 Å². The lowest BCUT2D eigenvalue weighted by atomic mass is 9.89. The van der Waals surface area contributed by atoms with Crippen molar-refractivity contribution in [2.75, 3.05) is 6.61 Å². The van der Waals surface area contributed by atoms with Crippen LogP contribution in [0.15, 0.2) is 0 Å². The van der Waals surface area contributed by atoms with Gasteiger partial charge in [0.1, 0.15) is 0 Å². The van der Waals surface area contributed by atoms with Crippen molar-refractivity contribution in [3.8, 4) is 0 Å². The highest BCUT2D eigenvalue weighted by Crippen LogP contribution is 2.27. The average molecular weight is 228 g/mol. The van der Waals surface area contributed by atoms with Gasteiger partial charge in [0.25, 0.3) is 0 Å². The summed E-state index contributed by atoms with van der Waals surface area (Å²) in [6, 6.07) is 0.592. The molecule has 1 amide bonds. The van der Waals surface area contributed by atoms with Crippen LogP contribution in [0.5, 0.6) is 0 Å². The maximum absolute atomic E-state index is 10.8. The summed E-state index contributed by atoms with van der Waals surface area (Å²) in [5, 5.41) is 3.46. The first-order valence-electron chi connectivity index (χ1n) is 6.13. The summed E-state index contributed by atoms with van der Waals surface area (Å²) in [5.41, 5.74) is 5.16. The van der Waals surface area contributed by atoms with Gasteiger partial charge < -0.3 is 15.8 Å². The van der Waals surface area contributed by atoms with Crippen molar-refractivity contribution >= 4 is 5.91 Å². The molecule has 1 aliphatic heterocycles. The van der Waals surface area contributed by atoms with Crippen LogP contribution in [-0.4, -0.2) is 30.2 Å². The average Bonchev–Trinajstić information content (AvgIpc) is 2.16. The van der Waals surface area contributed by atoms with Crippen LogP contribution in [0.3, 0.4) is 0 Å². The van der Waals surface area contributed by atoms with E-state index in [1.165, 1.54) is 0 Å². The van der Waals surface area contributed by atoms with Crippen molar-refractivity contribution in [2.45, 2.75) is 64.1 Å².